The molecule has 2 fully saturated rings. The van der Waals surface area contributed by atoms with Gasteiger partial charge in [0.2, 0.25) is 11.7 Å². The molecule has 9 nitrogen and oxygen atoms in total. The molecule has 196 valence electrons. The minimum Gasteiger partial charge on any atom is -0.493 e. The number of carbonyl (C=O) groups is 2. The van der Waals surface area contributed by atoms with Gasteiger partial charge in [0.15, 0.2) is 0 Å². The smallest absolute Gasteiger partial charge is 0.263 e. The van der Waals surface area contributed by atoms with Crippen LogP contribution in [-0.2, 0) is 4.79 Å². The van der Waals surface area contributed by atoms with Gasteiger partial charge in [-0.25, -0.2) is 23.1 Å². The zero-order valence-electron chi connectivity index (χ0n) is 20.1. The van der Waals surface area contributed by atoms with E-state index < -0.39 is 30.6 Å². The predicted octanol–water partition coefficient (Wildman–Crippen LogP) is 3.28. The van der Waals surface area contributed by atoms with Crippen molar-refractivity contribution in [3.8, 4) is 17.0 Å². The number of fused-ring (bicyclic) bond motifs is 1. The highest BCUT2D eigenvalue weighted by atomic mass is 19.3. The second kappa shape index (κ2) is 9.66. The van der Waals surface area contributed by atoms with Crippen molar-refractivity contribution in [2.45, 2.75) is 38.4 Å². The number of aromatic amines is 1. The number of aryl methyl sites for hydroxylation is 1. The summed E-state index contributed by atoms with van der Waals surface area (Å²) in [6, 6.07) is 4.11. The number of aliphatic hydroxyl groups excluding tert-OH is 1. The predicted molar refractivity (Wildman–Crippen MR) is 127 cm³/mol. The molecule has 12 heteroatoms. The van der Waals surface area contributed by atoms with Crippen LogP contribution in [-0.4, -0.2) is 68.9 Å². The summed E-state index contributed by atoms with van der Waals surface area (Å²) in [4.78, 5) is 37.6. The van der Waals surface area contributed by atoms with Crippen molar-refractivity contribution in [2.75, 3.05) is 26.3 Å². The fourth-order valence-corrected chi connectivity index (χ4v) is 4.54. The fourth-order valence-electron chi connectivity index (χ4n) is 4.54. The summed E-state index contributed by atoms with van der Waals surface area (Å²) in [5.41, 5.74) is 1.37. The molecule has 1 aromatic carbocycles. The van der Waals surface area contributed by atoms with Crippen molar-refractivity contribution in [1.29, 1.82) is 0 Å². The highest BCUT2D eigenvalue weighted by Crippen LogP contribution is 2.38. The Kier molecular flexibility index (Phi) is 6.52. The van der Waals surface area contributed by atoms with Gasteiger partial charge in [-0.15, -0.1) is 0 Å². The molecule has 0 spiro atoms. The standard InChI is InChI=1S/C25H26F3N5O4/c1-13-19(24(36)32-25(28)6-7-33(11-25)18(35)9-34)21-22(31-13)20(29-12-30-21)16-8-15(23(26)27)4-5-17(16)37-10-14-2-3-14/h4-5,8,12,14,23,31,34H,2-3,6-7,9-11H2,1H3,(H,32,36)/t25-/m1/s1. The first-order valence-electron chi connectivity index (χ1n) is 12.0. The van der Waals surface area contributed by atoms with Gasteiger partial charge in [-0.2, -0.15) is 0 Å². The number of alkyl halides is 3. The lowest BCUT2D eigenvalue weighted by molar-refractivity contribution is -0.133. The summed E-state index contributed by atoms with van der Waals surface area (Å²) < 4.78 is 48.4. The Labute approximate surface area is 210 Å². The van der Waals surface area contributed by atoms with Gasteiger partial charge in [-0.05, 0) is 43.9 Å². The Balaban J connectivity index is 1.50. The molecule has 1 aliphatic heterocycles. The minimum atomic E-state index is -2.70. The number of halogens is 3. The maximum atomic E-state index is 15.4. The fraction of sp³-hybridized carbons (Fsp3) is 0.440. The van der Waals surface area contributed by atoms with Crippen molar-refractivity contribution < 1.29 is 32.6 Å². The van der Waals surface area contributed by atoms with Crippen LogP contribution in [0.25, 0.3) is 22.3 Å². The minimum absolute atomic E-state index is 0.0550. The summed E-state index contributed by atoms with van der Waals surface area (Å²) in [7, 11) is 0. The molecule has 3 N–H and O–H groups in total. The van der Waals surface area contributed by atoms with Crippen molar-refractivity contribution >= 4 is 22.8 Å². The lowest BCUT2D eigenvalue weighted by atomic mass is 10.0. The number of aromatic nitrogens is 3. The van der Waals surface area contributed by atoms with Crippen LogP contribution in [0.3, 0.4) is 0 Å². The Morgan fingerprint density at radius 2 is 2.11 bits per heavy atom. The largest absolute Gasteiger partial charge is 0.493 e. The van der Waals surface area contributed by atoms with E-state index in [2.05, 4.69) is 20.3 Å². The number of nitrogens with one attached hydrogen (secondary N) is 2. The van der Waals surface area contributed by atoms with Gasteiger partial charge in [0.25, 0.3) is 12.3 Å². The summed E-state index contributed by atoms with van der Waals surface area (Å²) >= 11 is 0. The number of hydrogen-bond acceptors (Lipinski definition) is 6. The molecule has 1 atom stereocenters. The summed E-state index contributed by atoms with van der Waals surface area (Å²) in [5, 5.41) is 11.4. The number of likely N-dealkylation sites (tertiary alicyclic amines) is 1. The van der Waals surface area contributed by atoms with Crippen molar-refractivity contribution in [2.24, 2.45) is 5.92 Å². The molecule has 3 aromatic rings. The van der Waals surface area contributed by atoms with Gasteiger partial charge in [0, 0.05) is 29.8 Å². The number of ether oxygens (including phenoxy) is 1. The van der Waals surface area contributed by atoms with Gasteiger partial charge in [-0.3, -0.25) is 9.59 Å². The third kappa shape index (κ3) is 4.97. The Hall–Kier alpha value is -3.67. The van der Waals surface area contributed by atoms with Crippen LogP contribution in [0.15, 0.2) is 24.5 Å². The topological polar surface area (TPSA) is 120 Å². The van der Waals surface area contributed by atoms with E-state index in [0.717, 1.165) is 17.7 Å². The molecule has 3 heterocycles. The molecule has 1 saturated carbocycles. The first-order valence-corrected chi connectivity index (χ1v) is 12.0. The van der Waals surface area contributed by atoms with Gasteiger partial charge < -0.3 is 25.0 Å². The second-order valence-corrected chi connectivity index (χ2v) is 9.52. The zero-order chi connectivity index (χ0) is 26.3. The van der Waals surface area contributed by atoms with Crippen LogP contribution < -0.4 is 10.1 Å². The summed E-state index contributed by atoms with van der Waals surface area (Å²) in [5.74, 6) is -2.73. The van der Waals surface area contributed by atoms with E-state index in [0.29, 0.717) is 35.0 Å². The van der Waals surface area contributed by atoms with Crippen LogP contribution >= 0.6 is 0 Å². The Bertz CT molecular complexity index is 1360. The highest BCUT2D eigenvalue weighted by Gasteiger charge is 2.42. The maximum absolute atomic E-state index is 15.4. The van der Waals surface area contributed by atoms with E-state index in [4.69, 9.17) is 9.84 Å². The van der Waals surface area contributed by atoms with Gasteiger partial charge in [-0.1, -0.05) is 0 Å². The number of benzene rings is 1. The highest BCUT2D eigenvalue weighted by molar-refractivity contribution is 6.09. The lowest BCUT2D eigenvalue weighted by Crippen LogP contribution is -2.47. The van der Waals surface area contributed by atoms with E-state index in [-0.39, 0.29) is 41.8 Å². The normalized spacial score (nSPS) is 19.6. The number of hydrogen-bond donors (Lipinski definition) is 3. The zero-order valence-corrected chi connectivity index (χ0v) is 20.1. The van der Waals surface area contributed by atoms with E-state index in [9.17, 15) is 18.4 Å². The van der Waals surface area contributed by atoms with Crippen molar-refractivity contribution in [1.82, 2.24) is 25.2 Å². The van der Waals surface area contributed by atoms with Crippen molar-refractivity contribution in [3.63, 3.8) is 0 Å². The van der Waals surface area contributed by atoms with Crippen LogP contribution in [0.4, 0.5) is 13.2 Å². The lowest BCUT2D eigenvalue weighted by Gasteiger charge is -2.22. The molecule has 0 radical (unpaired) electrons. The number of H-pyrrole nitrogens is 1. The maximum Gasteiger partial charge on any atom is 0.263 e. The third-order valence-electron chi connectivity index (χ3n) is 6.73. The van der Waals surface area contributed by atoms with E-state index in [1.807, 2.05) is 0 Å². The van der Waals surface area contributed by atoms with Crippen LogP contribution in [0.5, 0.6) is 5.75 Å². The molecule has 2 aromatic heterocycles. The number of carbonyl (C=O) groups excluding carboxylic acids is 2. The van der Waals surface area contributed by atoms with Crippen LogP contribution in [0.2, 0.25) is 0 Å². The van der Waals surface area contributed by atoms with E-state index in [1.54, 1.807) is 6.92 Å². The molecule has 2 aliphatic rings. The second-order valence-electron chi connectivity index (χ2n) is 9.52. The van der Waals surface area contributed by atoms with E-state index >= 15 is 4.39 Å². The van der Waals surface area contributed by atoms with Crippen LogP contribution in [0, 0.1) is 12.8 Å². The monoisotopic (exact) mass is 517 g/mol. The molecular formula is C25H26F3N5O4. The van der Waals surface area contributed by atoms with Crippen molar-refractivity contribution in [3.05, 3.63) is 41.3 Å². The molecule has 0 bridgehead atoms. The number of nitrogens with zero attached hydrogens (tertiary/aromatic N) is 3. The Morgan fingerprint density at radius 3 is 2.81 bits per heavy atom. The SMILES string of the molecule is Cc1[nH]c2c(-c3cc(C(F)F)ccc3OCC3CC3)ncnc2c1C(=O)N[C@]1(F)CCN(C(=O)CO)C1. The molecule has 5 rings (SSSR count). The molecule has 1 saturated heterocycles. The van der Waals surface area contributed by atoms with Crippen LogP contribution in [0.1, 0.15) is 47.3 Å². The summed E-state index contributed by atoms with van der Waals surface area (Å²) in [6.07, 6.45) is 0.486. The third-order valence-corrected chi connectivity index (χ3v) is 6.73. The molecule has 0 unspecified atom stereocenters. The number of amides is 2. The summed E-state index contributed by atoms with van der Waals surface area (Å²) in [6.45, 7) is 0.994. The molecular weight excluding hydrogens is 491 g/mol. The first-order chi connectivity index (χ1) is 17.7. The average Bonchev–Trinajstić information content (AvgIpc) is 3.53. The van der Waals surface area contributed by atoms with Gasteiger partial charge in [0.05, 0.1) is 24.2 Å². The average molecular weight is 518 g/mol. The van der Waals surface area contributed by atoms with Gasteiger partial charge in [0.1, 0.15) is 29.9 Å². The number of aliphatic hydroxyl groups is 1. The van der Waals surface area contributed by atoms with Gasteiger partial charge >= 0.3 is 0 Å². The molecule has 2 amide bonds. The molecule has 1 aliphatic carbocycles. The van der Waals surface area contributed by atoms with E-state index in [1.165, 1.54) is 24.5 Å². The first kappa shape index (κ1) is 25.0. The Morgan fingerprint density at radius 1 is 1.32 bits per heavy atom. The number of rotatable bonds is 8. The molecule has 37 heavy (non-hydrogen) atoms. The quantitative estimate of drug-likeness (QED) is 0.395.